The third kappa shape index (κ3) is 3.27. The standard InChI is InChI=1S/C14H16BrClF2N2O/c15-9-6-8(16)7-11(13(9)21-14(17)18)19-10-3-5-20-4-1-2-12(10)20/h6-7,10,12,14,19H,1-5H2. The zero-order chi connectivity index (χ0) is 15.0. The van der Waals surface area contributed by atoms with Crippen molar-refractivity contribution in [3.8, 4) is 5.75 Å². The summed E-state index contributed by atoms with van der Waals surface area (Å²) in [5, 5.41) is 3.83. The highest BCUT2D eigenvalue weighted by molar-refractivity contribution is 9.10. The van der Waals surface area contributed by atoms with Crippen LogP contribution in [0, 0.1) is 0 Å². The Bertz CT molecular complexity index is 532. The molecule has 2 aliphatic rings. The van der Waals surface area contributed by atoms with Gasteiger partial charge < -0.3 is 10.1 Å². The molecule has 0 aliphatic carbocycles. The van der Waals surface area contributed by atoms with Gasteiger partial charge in [-0.1, -0.05) is 11.6 Å². The van der Waals surface area contributed by atoms with E-state index < -0.39 is 6.61 Å². The van der Waals surface area contributed by atoms with Crippen molar-refractivity contribution in [2.75, 3.05) is 18.4 Å². The summed E-state index contributed by atoms with van der Waals surface area (Å²) in [7, 11) is 0. The maximum Gasteiger partial charge on any atom is 0.387 e. The van der Waals surface area contributed by atoms with Gasteiger partial charge in [-0.2, -0.15) is 8.78 Å². The molecule has 2 unspecified atom stereocenters. The Kier molecular flexibility index (Phi) is 4.57. The van der Waals surface area contributed by atoms with E-state index in [0.29, 0.717) is 21.2 Å². The summed E-state index contributed by atoms with van der Waals surface area (Å²) < 4.78 is 30.3. The van der Waals surface area contributed by atoms with Gasteiger partial charge in [-0.05, 0) is 53.9 Å². The lowest BCUT2D eigenvalue weighted by atomic mass is 10.1. The van der Waals surface area contributed by atoms with Crippen LogP contribution < -0.4 is 10.1 Å². The van der Waals surface area contributed by atoms with Gasteiger partial charge in [-0.15, -0.1) is 0 Å². The molecule has 0 spiro atoms. The molecule has 21 heavy (non-hydrogen) atoms. The second kappa shape index (κ2) is 6.26. The van der Waals surface area contributed by atoms with Crippen LogP contribution in [0.5, 0.6) is 5.75 Å². The van der Waals surface area contributed by atoms with Crippen molar-refractivity contribution in [2.24, 2.45) is 0 Å². The van der Waals surface area contributed by atoms with E-state index >= 15 is 0 Å². The van der Waals surface area contributed by atoms with Gasteiger partial charge in [0.2, 0.25) is 0 Å². The first-order valence-corrected chi connectivity index (χ1v) is 8.16. The summed E-state index contributed by atoms with van der Waals surface area (Å²) in [4.78, 5) is 2.45. The maximum atomic E-state index is 12.6. The molecule has 0 amide bonds. The molecule has 0 aromatic heterocycles. The van der Waals surface area contributed by atoms with E-state index in [1.165, 1.54) is 6.42 Å². The molecule has 0 bridgehead atoms. The van der Waals surface area contributed by atoms with Crippen molar-refractivity contribution in [1.82, 2.24) is 4.90 Å². The number of hydrogen-bond acceptors (Lipinski definition) is 3. The van der Waals surface area contributed by atoms with Crippen LogP contribution in [0.15, 0.2) is 16.6 Å². The minimum absolute atomic E-state index is 0.117. The molecule has 1 aromatic rings. The summed E-state index contributed by atoms with van der Waals surface area (Å²) in [6.45, 7) is -0.688. The van der Waals surface area contributed by atoms with E-state index in [9.17, 15) is 8.78 Å². The first kappa shape index (κ1) is 15.3. The highest BCUT2D eigenvalue weighted by Gasteiger charge is 2.37. The van der Waals surface area contributed by atoms with Crippen LogP contribution in [-0.2, 0) is 0 Å². The first-order chi connectivity index (χ1) is 10.0. The Balaban J connectivity index is 1.83. The maximum absolute atomic E-state index is 12.6. The molecule has 2 fully saturated rings. The second-order valence-corrected chi connectivity index (χ2v) is 6.72. The predicted molar refractivity (Wildman–Crippen MR) is 82.4 cm³/mol. The molecule has 3 nitrogen and oxygen atoms in total. The van der Waals surface area contributed by atoms with E-state index in [2.05, 4.69) is 30.9 Å². The molecule has 116 valence electrons. The first-order valence-electron chi connectivity index (χ1n) is 6.99. The number of anilines is 1. The Morgan fingerprint density at radius 1 is 1.33 bits per heavy atom. The number of halogens is 4. The number of ether oxygens (including phenoxy) is 1. The topological polar surface area (TPSA) is 24.5 Å². The normalized spacial score (nSPS) is 25.4. The van der Waals surface area contributed by atoms with Gasteiger partial charge in [-0.25, -0.2) is 0 Å². The molecule has 2 atom stereocenters. The van der Waals surface area contributed by atoms with Gasteiger partial charge in [0.25, 0.3) is 0 Å². The lowest BCUT2D eigenvalue weighted by molar-refractivity contribution is -0.0499. The molecule has 0 saturated carbocycles. The van der Waals surface area contributed by atoms with Gasteiger partial charge in [0, 0.05) is 23.7 Å². The molecular formula is C14H16BrClF2N2O. The minimum atomic E-state index is -2.87. The van der Waals surface area contributed by atoms with Crippen LogP contribution in [0.3, 0.4) is 0 Å². The smallest absolute Gasteiger partial charge is 0.387 e. The molecule has 2 heterocycles. The van der Waals surface area contributed by atoms with Crippen molar-refractivity contribution in [1.29, 1.82) is 0 Å². The SMILES string of the molecule is FC(F)Oc1c(Br)cc(Cl)cc1NC1CCN2CCCC12. The van der Waals surface area contributed by atoms with Crippen molar-refractivity contribution in [3.63, 3.8) is 0 Å². The predicted octanol–water partition coefficient (Wildman–Crippen LogP) is 4.35. The fourth-order valence-corrected chi connectivity index (χ4v) is 4.23. The third-order valence-corrected chi connectivity index (χ3v) is 4.97. The molecule has 3 rings (SSSR count). The Hall–Kier alpha value is -0.590. The minimum Gasteiger partial charge on any atom is -0.431 e. The molecule has 0 radical (unpaired) electrons. The lowest BCUT2D eigenvalue weighted by Crippen LogP contribution is -2.33. The van der Waals surface area contributed by atoms with Crippen molar-refractivity contribution >= 4 is 33.2 Å². The number of alkyl halides is 2. The van der Waals surface area contributed by atoms with E-state index in [4.69, 9.17) is 11.6 Å². The summed E-state index contributed by atoms with van der Waals surface area (Å²) in [6.07, 6.45) is 3.34. The Morgan fingerprint density at radius 3 is 2.90 bits per heavy atom. The Morgan fingerprint density at radius 2 is 2.14 bits per heavy atom. The fourth-order valence-electron chi connectivity index (χ4n) is 3.33. The van der Waals surface area contributed by atoms with Crippen LogP contribution in [-0.4, -0.2) is 36.7 Å². The molecule has 1 N–H and O–H groups in total. The number of hydrogen-bond donors (Lipinski definition) is 1. The largest absolute Gasteiger partial charge is 0.431 e. The number of rotatable bonds is 4. The number of benzene rings is 1. The van der Waals surface area contributed by atoms with Gasteiger partial charge in [0.1, 0.15) is 0 Å². The average Bonchev–Trinajstić information content (AvgIpc) is 2.98. The van der Waals surface area contributed by atoms with Crippen LogP contribution in [0.25, 0.3) is 0 Å². The average molecular weight is 382 g/mol. The molecule has 2 saturated heterocycles. The zero-order valence-corrected chi connectivity index (χ0v) is 13.6. The summed E-state index contributed by atoms with van der Waals surface area (Å²) in [5.41, 5.74) is 0.522. The van der Waals surface area contributed by atoms with Crippen LogP contribution in [0.1, 0.15) is 19.3 Å². The van der Waals surface area contributed by atoms with Crippen molar-refractivity contribution < 1.29 is 13.5 Å². The van der Waals surface area contributed by atoms with Crippen LogP contribution in [0.2, 0.25) is 5.02 Å². The fraction of sp³-hybridized carbons (Fsp3) is 0.571. The molecular weight excluding hydrogens is 366 g/mol. The monoisotopic (exact) mass is 380 g/mol. The lowest BCUT2D eigenvalue weighted by Gasteiger charge is -2.24. The number of fused-ring (bicyclic) bond motifs is 1. The Labute approximate surface area is 135 Å². The highest BCUT2D eigenvalue weighted by Crippen LogP contribution is 2.39. The summed E-state index contributed by atoms with van der Waals surface area (Å²) >= 11 is 9.27. The molecule has 7 heteroatoms. The van der Waals surface area contributed by atoms with Crippen molar-refractivity contribution in [2.45, 2.75) is 38.0 Å². The third-order valence-electron chi connectivity index (χ3n) is 4.16. The summed E-state index contributed by atoms with van der Waals surface area (Å²) in [6, 6.07) is 3.92. The number of nitrogens with one attached hydrogen (secondary N) is 1. The van der Waals surface area contributed by atoms with Gasteiger partial charge >= 0.3 is 6.61 Å². The van der Waals surface area contributed by atoms with Gasteiger partial charge in [0.15, 0.2) is 5.75 Å². The summed E-state index contributed by atoms with van der Waals surface area (Å²) in [5.74, 6) is 0.117. The molecule has 1 aromatic carbocycles. The van der Waals surface area contributed by atoms with Crippen molar-refractivity contribution in [3.05, 3.63) is 21.6 Å². The van der Waals surface area contributed by atoms with Crippen LogP contribution in [0.4, 0.5) is 14.5 Å². The number of nitrogens with zero attached hydrogens (tertiary/aromatic N) is 1. The quantitative estimate of drug-likeness (QED) is 0.839. The van der Waals surface area contributed by atoms with E-state index in [0.717, 1.165) is 25.9 Å². The molecule has 2 aliphatic heterocycles. The van der Waals surface area contributed by atoms with E-state index in [-0.39, 0.29) is 11.8 Å². The highest BCUT2D eigenvalue weighted by atomic mass is 79.9. The van der Waals surface area contributed by atoms with Gasteiger partial charge in [-0.3, -0.25) is 4.90 Å². The van der Waals surface area contributed by atoms with Gasteiger partial charge in [0.05, 0.1) is 10.2 Å². The van der Waals surface area contributed by atoms with Crippen LogP contribution >= 0.6 is 27.5 Å². The van der Waals surface area contributed by atoms with E-state index in [1.54, 1.807) is 12.1 Å². The van der Waals surface area contributed by atoms with E-state index in [1.807, 2.05) is 0 Å². The second-order valence-electron chi connectivity index (χ2n) is 5.43. The zero-order valence-electron chi connectivity index (χ0n) is 11.3.